The lowest BCUT2D eigenvalue weighted by Gasteiger charge is -2.10. The molecule has 0 nitrogen and oxygen atoms in total. The fraction of sp³-hybridized carbons (Fsp3) is 0.538. The highest BCUT2D eigenvalue weighted by atomic mass is 35.5. The average molecular weight is 209 g/mol. The van der Waals surface area contributed by atoms with E-state index in [2.05, 4.69) is 38.1 Å². The van der Waals surface area contributed by atoms with Crippen LogP contribution in [0, 0.1) is 11.3 Å². The molecule has 2 atom stereocenters. The fourth-order valence-corrected chi connectivity index (χ4v) is 2.72. The van der Waals surface area contributed by atoms with Crippen LogP contribution in [0.1, 0.15) is 25.8 Å². The van der Waals surface area contributed by atoms with E-state index >= 15 is 0 Å². The monoisotopic (exact) mass is 208 g/mol. The molecule has 2 unspecified atom stereocenters. The maximum atomic E-state index is 6.40. The van der Waals surface area contributed by atoms with E-state index in [4.69, 9.17) is 11.6 Å². The van der Waals surface area contributed by atoms with Crippen molar-refractivity contribution in [1.29, 1.82) is 0 Å². The molecule has 1 aromatic carbocycles. The third-order valence-electron chi connectivity index (χ3n) is 3.30. The number of alkyl halides is 1. The Labute approximate surface area is 91.3 Å². The molecule has 1 aliphatic rings. The summed E-state index contributed by atoms with van der Waals surface area (Å²) >= 11 is 6.40. The second-order valence-corrected chi connectivity index (χ2v) is 5.57. The van der Waals surface area contributed by atoms with Crippen molar-refractivity contribution in [3.63, 3.8) is 0 Å². The summed E-state index contributed by atoms with van der Waals surface area (Å²) in [6, 6.07) is 10.5. The SMILES string of the molecule is CC1(C)CC1C(Cl)Cc1ccccc1. The van der Waals surface area contributed by atoms with Crippen LogP contribution in [-0.2, 0) is 6.42 Å². The molecule has 0 radical (unpaired) electrons. The predicted octanol–water partition coefficient (Wildman–Crippen LogP) is 3.88. The molecule has 0 heterocycles. The van der Waals surface area contributed by atoms with Crippen molar-refractivity contribution in [1.82, 2.24) is 0 Å². The third-order valence-corrected chi connectivity index (χ3v) is 3.76. The highest BCUT2D eigenvalue weighted by Crippen LogP contribution is 2.55. The smallest absolute Gasteiger partial charge is 0.0409 e. The summed E-state index contributed by atoms with van der Waals surface area (Å²) in [5, 5.41) is 0.312. The van der Waals surface area contributed by atoms with E-state index in [0.29, 0.717) is 16.7 Å². The predicted molar refractivity (Wildman–Crippen MR) is 61.7 cm³/mol. The van der Waals surface area contributed by atoms with Crippen molar-refractivity contribution in [2.24, 2.45) is 11.3 Å². The number of rotatable bonds is 3. The normalized spacial score (nSPS) is 25.8. The van der Waals surface area contributed by atoms with Gasteiger partial charge in [-0.15, -0.1) is 11.6 Å². The molecule has 76 valence electrons. The summed E-state index contributed by atoms with van der Waals surface area (Å²) in [5.41, 5.74) is 1.84. The lowest BCUT2D eigenvalue weighted by molar-refractivity contribution is 0.538. The topological polar surface area (TPSA) is 0 Å². The molecule has 0 saturated heterocycles. The van der Waals surface area contributed by atoms with Crippen molar-refractivity contribution in [2.75, 3.05) is 0 Å². The van der Waals surface area contributed by atoms with Gasteiger partial charge in [-0.25, -0.2) is 0 Å². The van der Waals surface area contributed by atoms with Crippen molar-refractivity contribution < 1.29 is 0 Å². The van der Waals surface area contributed by atoms with E-state index in [1.165, 1.54) is 12.0 Å². The number of halogens is 1. The largest absolute Gasteiger partial charge is 0.122 e. The van der Waals surface area contributed by atoms with Gasteiger partial charge in [0, 0.05) is 5.38 Å². The van der Waals surface area contributed by atoms with Gasteiger partial charge in [-0.3, -0.25) is 0 Å². The lowest BCUT2D eigenvalue weighted by Crippen LogP contribution is -2.09. The first-order valence-electron chi connectivity index (χ1n) is 5.27. The highest BCUT2D eigenvalue weighted by molar-refractivity contribution is 6.21. The van der Waals surface area contributed by atoms with Crippen LogP contribution in [0.4, 0.5) is 0 Å². The number of benzene rings is 1. The second kappa shape index (κ2) is 3.58. The Morgan fingerprint density at radius 2 is 1.93 bits per heavy atom. The summed E-state index contributed by atoms with van der Waals surface area (Å²) in [7, 11) is 0. The molecule has 0 aliphatic heterocycles. The molecule has 0 amide bonds. The molecule has 1 aromatic rings. The summed E-state index contributed by atoms with van der Waals surface area (Å²) < 4.78 is 0. The summed E-state index contributed by atoms with van der Waals surface area (Å²) in [6.45, 7) is 4.61. The van der Waals surface area contributed by atoms with Gasteiger partial charge in [0.1, 0.15) is 0 Å². The Kier molecular flexibility index (Phi) is 2.57. The summed E-state index contributed by atoms with van der Waals surface area (Å²) in [6.07, 6.45) is 2.30. The highest BCUT2D eigenvalue weighted by Gasteiger charge is 2.49. The molecule has 14 heavy (non-hydrogen) atoms. The standard InChI is InChI=1S/C13H17Cl/c1-13(2)9-11(13)12(14)8-10-6-4-3-5-7-10/h3-7,11-12H,8-9H2,1-2H3. The van der Waals surface area contributed by atoms with Gasteiger partial charge in [0.15, 0.2) is 0 Å². The van der Waals surface area contributed by atoms with Gasteiger partial charge < -0.3 is 0 Å². The van der Waals surface area contributed by atoms with Crippen LogP contribution in [0.25, 0.3) is 0 Å². The quantitative estimate of drug-likeness (QED) is 0.662. The van der Waals surface area contributed by atoms with E-state index in [1.54, 1.807) is 0 Å². The van der Waals surface area contributed by atoms with Gasteiger partial charge in [-0.1, -0.05) is 44.2 Å². The van der Waals surface area contributed by atoms with Crippen LogP contribution >= 0.6 is 11.6 Å². The first-order valence-corrected chi connectivity index (χ1v) is 5.71. The minimum Gasteiger partial charge on any atom is -0.122 e. The van der Waals surface area contributed by atoms with Gasteiger partial charge in [0.05, 0.1) is 0 Å². The summed E-state index contributed by atoms with van der Waals surface area (Å²) in [4.78, 5) is 0. The molecular formula is C13H17Cl. The lowest BCUT2D eigenvalue weighted by atomic mass is 10.0. The first-order chi connectivity index (χ1) is 6.59. The number of hydrogen-bond donors (Lipinski definition) is 0. The molecule has 0 spiro atoms. The van der Waals surface area contributed by atoms with Crippen LogP contribution < -0.4 is 0 Å². The van der Waals surface area contributed by atoms with Gasteiger partial charge in [0.25, 0.3) is 0 Å². The Morgan fingerprint density at radius 1 is 1.36 bits per heavy atom. The van der Waals surface area contributed by atoms with Crippen molar-refractivity contribution >= 4 is 11.6 Å². The molecule has 1 saturated carbocycles. The van der Waals surface area contributed by atoms with Gasteiger partial charge in [0.2, 0.25) is 0 Å². The molecule has 0 aromatic heterocycles. The maximum Gasteiger partial charge on any atom is 0.0409 e. The zero-order chi connectivity index (χ0) is 10.2. The molecule has 1 fully saturated rings. The van der Waals surface area contributed by atoms with Crippen molar-refractivity contribution in [3.8, 4) is 0 Å². The second-order valence-electron chi connectivity index (χ2n) is 5.00. The van der Waals surface area contributed by atoms with Crippen LogP contribution in [0.3, 0.4) is 0 Å². The van der Waals surface area contributed by atoms with Gasteiger partial charge in [-0.2, -0.15) is 0 Å². The van der Waals surface area contributed by atoms with E-state index in [1.807, 2.05) is 6.07 Å². The average Bonchev–Trinajstić information content (AvgIpc) is 2.77. The van der Waals surface area contributed by atoms with Crippen LogP contribution in [0.5, 0.6) is 0 Å². The zero-order valence-electron chi connectivity index (χ0n) is 8.83. The fourth-order valence-electron chi connectivity index (χ4n) is 2.11. The molecule has 0 bridgehead atoms. The van der Waals surface area contributed by atoms with Gasteiger partial charge in [-0.05, 0) is 29.7 Å². The summed E-state index contributed by atoms with van der Waals surface area (Å²) in [5.74, 6) is 0.712. The molecular weight excluding hydrogens is 192 g/mol. The van der Waals surface area contributed by atoms with E-state index < -0.39 is 0 Å². The minimum absolute atomic E-state index is 0.312. The Bertz CT molecular complexity index is 302. The Hall–Kier alpha value is -0.490. The molecule has 1 aliphatic carbocycles. The zero-order valence-corrected chi connectivity index (χ0v) is 9.59. The number of hydrogen-bond acceptors (Lipinski definition) is 0. The maximum absolute atomic E-state index is 6.40. The van der Waals surface area contributed by atoms with E-state index in [-0.39, 0.29) is 0 Å². The van der Waals surface area contributed by atoms with Crippen LogP contribution in [0.15, 0.2) is 30.3 Å². The van der Waals surface area contributed by atoms with Gasteiger partial charge >= 0.3 is 0 Å². The van der Waals surface area contributed by atoms with Crippen LogP contribution in [0.2, 0.25) is 0 Å². The first kappa shape index (κ1) is 10.0. The molecule has 1 heteroatoms. The molecule has 2 rings (SSSR count). The van der Waals surface area contributed by atoms with Crippen LogP contribution in [-0.4, -0.2) is 5.38 Å². The van der Waals surface area contributed by atoms with E-state index in [0.717, 1.165) is 6.42 Å². The molecule has 0 N–H and O–H groups in total. The van der Waals surface area contributed by atoms with E-state index in [9.17, 15) is 0 Å². The Balaban J connectivity index is 1.93. The van der Waals surface area contributed by atoms with Crippen molar-refractivity contribution in [3.05, 3.63) is 35.9 Å². The Morgan fingerprint density at radius 3 is 2.43 bits per heavy atom. The third kappa shape index (κ3) is 2.12. The minimum atomic E-state index is 0.312. The van der Waals surface area contributed by atoms with Crippen molar-refractivity contribution in [2.45, 2.75) is 32.1 Å².